The first-order valence-corrected chi connectivity index (χ1v) is 6.93. The molecule has 0 amide bonds. The van der Waals surface area contributed by atoms with Gasteiger partial charge in [-0.15, -0.1) is 0 Å². The third-order valence-corrected chi connectivity index (χ3v) is 3.69. The maximum absolute atomic E-state index is 12.3. The second kappa shape index (κ2) is 6.29. The van der Waals surface area contributed by atoms with E-state index in [9.17, 15) is 13.2 Å². The number of piperidine rings is 1. The Morgan fingerprint density at radius 1 is 1.38 bits per heavy atom. The summed E-state index contributed by atoms with van der Waals surface area (Å²) in [6.07, 6.45) is -2.12. The molecule has 0 aromatic carbocycles. The summed E-state index contributed by atoms with van der Waals surface area (Å²) in [5.74, 6) is 0.665. The highest BCUT2D eigenvalue weighted by atomic mass is 19.4. The minimum Gasteiger partial charge on any atom is -0.355 e. The summed E-state index contributed by atoms with van der Waals surface area (Å²) in [5, 5.41) is 8.87. The van der Waals surface area contributed by atoms with Crippen LogP contribution in [0.5, 0.6) is 0 Å². The van der Waals surface area contributed by atoms with Crippen molar-refractivity contribution in [2.75, 3.05) is 18.0 Å². The minimum absolute atomic E-state index is 0.0596. The first-order valence-electron chi connectivity index (χ1n) is 6.93. The van der Waals surface area contributed by atoms with Crippen molar-refractivity contribution in [2.45, 2.75) is 38.8 Å². The quantitative estimate of drug-likeness (QED) is 0.860. The fourth-order valence-corrected chi connectivity index (χ4v) is 2.36. The van der Waals surface area contributed by atoms with Crippen molar-refractivity contribution in [1.29, 1.82) is 5.26 Å². The fraction of sp³-hybridized carbons (Fsp3) is 0.643. The average molecular weight is 298 g/mol. The van der Waals surface area contributed by atoms with Gasteiger partial charge < -0.3 is 4.90 Å². The molecule has 4 nitrogen and oxygen atoms in total. The number of halogens is 3. The lowest BCUT2D eigenvalue weighted by Crippen LogP contribution is -2.34. The van der Waals surface area contributed by atoms with Crippen molar-refractivity contribution in [2.24, 2.45) is 5.92 Å². The smallest absolute Gasteiger partial charge is 0.355 e. The van der Waals surface area contributed by atoms with Crippen LogP contribution in [0.3, 0.4) is 0 Å². The van der Waals surface area contributed by atoms with Crippen LogP contribution in [0.4, 0.5) is 19.0 Å². The van der Waals surface area contributed by atoms with Gasteiger partial charge in [-0.25, -0.2) is 4.98 Å². The summed E-state index contributed by atoms with van der Waals surface area (Å²) in [6, 6.07) is 2.25. The Bertz CT molecular complexity index is 528. The molecular weight excluding hydrogens is 281 g/mol. The zero-order valence-corrected chi connectivity index (χ0v) is 11.8. The highest BCUT2D eigenvalue weighted by Gasteiger charge is 2.27. The number of hydrogen-bond donors (Lipinski definition) is 0. The average Bonchev–Trinajstić information content (AvgIpc) is 2.46. The van der Waals surface area contributed by atoms with Crippen LogP contribution < -0.4 is 4.90 Å². The SMILES string of the molecule is Cc1ncc(N2CCC(C#N)CC2)nc1CCC(F)(F)F. The first-order chi connectivity index (χ1) is 9.89. The van der Waals surface area contributed by atoms with Crippen LogP contribution in [-0.2, 0) is 6.42 Å². The van der Waals surface area contributed by atoms with Gasteiger partial charge in [-0.2, -0.15) is 18.4 Å². The van der Waals surface area contributed by atoms with Gasteiger partial charge in [0.25, 0.3) is 0 Å². The van der Waals surface area contributed by atoms with Crippen LogP contribution in [0, 0.1) is 24.2 Å². The van der Waals surface area contributed by atoms with E-state index in [1.165, 1.54) is 0 Å². The molecule has 0 bridgehead atoms. The molecular formula is C14H17F3N4. The molecule has 2 heterocycles. The first kappa shape index (κ1) is 15.5. The predicted molar refractivity (Wildman–Crippen MR) is 71.7 cm³/mol. The standard InChI is InChI=1S/C14H17F3N4/c1-10-12(2-5-14(15,16)17)20-13(9-19-10)21-6-3-11(8-18)4-7-21/h9,11H,2-7H2,1H3. The number of aryl methyl sites for hydroxylation is 2. The Morgan fingerprint density at radius 3 is 2.62 bits per heavy atom. The van der Waals surface area contributed by atoms with Crippen molar-refractivity contribution in [3.63, 3.8) is 0 Å². The molecule has 0 saturated carbocycles. The molecule has 1 aromatic heterocycles. The molecule has 0 atom stereocenters. The second-order valence-electron chi connectivity index (χ2n) is 5.27. The van der Waals surface area contributed by atoms with Crippen LogP contribution in [0.15, 0.2) is 6.20 Å². The van der Waals surface area contributed by atoms with E-state index in [0.717, 1.165) is 12.8 Å². The van der Waals surface area contributed by atoms with Gasteiger partial charge in [-0.1, -0.05) is 0 Å². The van der Waals surface area contributed by atoms with Crippen molar-refractivity contribution in [3.8, 4) is 6.07 Å². The van der Waals surface area contributed by atoms with Crippen molar-refractivity contribution in [3.05, 3.63) is 17.6 Å². The Labute approximate surface area is 121 Å². The van der Waals surface area contributed by atoms with E-state index in [-0.39, 0.29) is 12.3 Å². The van der Waals surface area contributed by atoms with Gasteiger partial charge in [0.05, 0.1) is 23.7 Å². The number of hydrogen-bond acceptors (Lipinski definition) is 4. The molecule has 7 heteroatoms. The van der Waals surface area contributed by atoms with Gasteiger partial charge in [-0.3, -0.25) is 4.98 Å². The predicted octanol–water partition coefficient (Wildman–Crippen LogP) is 3.02. The molecule has 2 rings (SSSR count). The maximum atomic E-state index is 12.3. The second-order valence-corrected chi connectivity index (χ2v) is 5.27. The van der Waals surface area contributed by atoms with Gasteiger partial charge in [0.1, 0.15) is 5.82 Å². The molecule has 114 valence electrons. The van der Waals surface area contributed by atoms with Gasteiger partial charge in [0.2, 0.25) is 0 Å². The number of nitrogens with zero attached hydrogens (tertiary/aromatic N) is 4. The lowest BCUT2D eigenvalue weighted by Gasteiger charge is -2.30. The van der Waals surface area contributed by atoms with E-state index in [1.54, 1.807) is 13.1 Å². The highest BCUT2D eigenvalue weighted by molar-refractivity contribution is 5.38. The third-order valence-electron chi connectivity index (χ3n) is 3.69. The van der Waals surface area contributed by atoms with Crippen LogP contribution in [0.2, 0.25) is 0 Å². The summed E-state index contributed by atoms with van der Waals surface area (Å²) >= 11 is 0. The van der Waals surface area contributed by atoms with Gasteiger partial charge in [0.15, 0.2) is 0 Å². The Morgan fingerprint density at radius 2 is 2.05 bits per heavy atom. The monoisotopic (exact) mass is 298 g/mol. The van der Waals surface area contributed by atoms with Crippen LogP contribution in [0.1, 0.15) is 30.7 Å². The number of aromatic nitrogens is 2. The molecule has 0 radical (unpaired) electrons. The number of alkyl halides is 3. The molecule has 0 unspecified atom stereocenters. The molecule has 0 N–H and O–H groups in total. The maximum Gasteiger partial charge on any atom is 0.389 e. The molecule has 0 spiro atoms. The van der Waals surface area contributed by atoms with Gasteiger partial charge in [0, 0.05) is 31.8 Å². The van der Waals surface area contributed by atoms with Crippen LogP contribution in [-0.4, -0.2) is 29.2 Å². The summed E-state index contributed by atoms with van der Waals surface area (Å²) < 4.78 is 37.0. The van der Waals surface area contributed by atoms with Crippen LogP contribution in [0.25, 0.3) is 0 Å². The van der Waals surface area contributed by atoms with E-state index < -0.39 is 12.6 Å². The fourth-order valence-electron chi connectivity index (χ4n) is 2.36. The number of anilines is 1. The largest absolute Gasteiger partial charge is 0.389 e. The van der Waals surface area contributed by atoms with E-state index in [2.05, 4.69) is 16.0 Å². The van der Waals surface area contributed by atoms with Crippen molar-refractivity contribution < 1.29 is 13.2 Å². The topological polar surface area (TPSA) is 52.8 Å². The van der Waals surface area contributed by atoms with E-state index in [1.807, 2.05) is 4.90 Å². The molecule has 21 heavy (non-hydrogen) atoms. The lowest BCUT2D eigenvalue weighted by molar-refractivity contribution is -0.134. The van der Waals surface area contributed by atoms with Crippen molar-refractivity contribution in [1.82, 2.24) is 9.97 Å². The Balaban J connectivity index is 2.06. The Kier molecular flexibility index (Phi) is 4.66. The van der Waals surface area contributed by atoms with Crippen LogP contribution >= 0.6 is 0 Å². The molecule has 1 aromatic rings. The molecule has 0 aliphatic carbocycles. The molecule has 1 fully saturated rings. The third kappa shape index (κ3) is 4.31. The summed E-state index contributed by atoms with van der Waals surface area (Å²) in [7, 11) is 0. The van der Waals surface area contributed by atoms with E-state index in [0.29, 0.717) is 30.3 Å². The zero-order valence-electron chi connectivity index (χ0n) is 11.8. The van der Waals surface area contributed by atoms with Gasteiger partial charge >= 0.3 is 6.18 Å². The van der Waals surface area contributed by atoms with E-state index >= 15 is 0 Å². The molecule has 1 aliphatic rings. The minimum atomic E-state index is -4.19. The number of nitriles is 1. The molecule has 1 saturated heterocycles. The highest BCUT2D eigenvalue weighted by Crippen LogP contribution is 2.24. The summed E-state index contributed by atoms with van der Waals surface area (Å²) in [5.41, 5.74) is 0.933. The summed E-state index contributed by atoms with van der Waals surface area (Å²) in [6.45, 7) is 3.05. The van der Waals surface area contributed by atoms with E-state index in [4.69, 9.17) is 5.26 Å². The zero-order chi connectivity index (χ0) is 15.5. The van der Waals surface area contributed by atoms with Crippen molar-refractivity contribution >= 4 is 5.82 Å². The molecule has 1 aliphatic heterocycles. The summed E-state index contributed by atoms with van der Waals surface area (Å²) in [4.78, 5) is 10.5. The lowest BCUT2D eigenvalue weighted by atomic mass is 9.99. The van der Waals surface area contributed by atoms with Gasteiger partial charge in [-0.05, 0) is 19.8 Å². The number of rotatable bonds is 3. The Hall–Kier alpha value is -1.84. The normalized spacial score (nSPS) is 16.8.